The minimum atomic E-state index is -0.495. The van der Waals surface area contributed by atoms with Crippen molar-refractivity contribution in [1.29, 1.82) is 0 Å². The van der Waals surface area contributed by atoms with Crippen molar-refractivity contribution in [3.05, 3.63) is 129 Å². The van der Waals surface area contributed by atoms with Crippen LogP contribution in [0.25, 0.3) is 0 Å². The van der Waals surface area contributed by atoms with Gasteiger partial charge in [0.15, 0.2) is 11.6 Å². The molecule has 0 aliphatic heterocycles. The third kappa shape index (κ3) is 5.90. The van der Waals surface area contributed by atoms with Crippen molar-refractivity contribution >= 4 is 38.9 Å². The Balaban J connectivity index is 0.000000186. The zero-order valence-corrected chi connectivity index (χ0v) is 18.9. The Kier molecular flexibility index (Phi) is 7.69. The number of carbonyl (C=O) groups excluding carboxylic acids is 2. The van der Waals surface area contributed by atoms with E-state index in [4.69, 9.17) is 11.5 Å². The van der Waals surface area contributed by atoms with E-state index in [9.17, 15) is 18.4 Å². The first kappa shape index (κ1) is 23.8. The Hall–Kier alpha value is -3.84. The van der Waals surface area contributed by atoms with Gasteiger partial charge in [-0.25, -0.2) is 8.78 Å². The quantitative estimate of drug-likeness (QED) is 0.260. The molecular weight excluding hydrogens is 490 g/mol. The number of rotatable bonds is 4. The van der Waals surface area contributed by atoms with Crippen molar-refractivity contribution in [3.8, 4) is 0 Å². The monoisotopic (exact) mass is 508 g/mol. The number of nitrogen functional groups attached to an aromatic ring is 2. The minimum Gasteiger partial charge on any atom is -0.398 e. The SMILES string of the molecule is Nc1c(Br)cc(F)cc1C(=O)c1ccccc1.Nc1ccc(F)cc1C(=O)c1ccccc1. The third-order valence-corrected chi connectivity index (χ3v) is 5.33. The molecule has 4 N–H and O–H groups in total. The predicted octanol–water partition coefficient (Wildman–Crippen LogP) is 6.04. The molecule has 0 heterocycles. The number of anilines is 2. The molecule has 166 valence electrons. The molecule has 0 aromatic heterocycles. The Morgan fingerprint density at radius 1 is 0.636 bits per heavy atom. The van der Waals surface area contributed by atoms with E-state index < -0.39 is 11.6 Å². The first-order valence-electron chi connectivity index (χ1n) is 9.77. The van der Waals surface area contributed by atoms with Crippen LogP contribution in [0.1, 0.15) is 31.8 Å². The molecule has 0 bridgehead atoms. The van der Waals surface area contributed by atoms with E-state index >= 15 is 0 Å². The average molecular weight is 509 g/mol. The van der Waals surface area contributed by atoms with Crippen molar-refractivity contribution < 1.29 is 18.4 Å². The van der Waals surface area contributed by atoms with Gasteiger partial charge >= 0.3 is 0 Å². The average Bonchev–Trinajstić information content (AvgIpc) is 2.83. The van der Waals surface area contributed by atoms with E-state index in [1.807, 2.05) is 12.1 Å². The fourth-order valence-corrected chi connectivity index (χ4v) is 3.42. The van der Waals surface area contributed by atoms with E-state index in [0.717, 1.165) is 12.1 Å². The molecule has 7 heteroatoms. The van der Waals surface area contributed by atoms with Crippen LogP contribution in [0.5, 0.6) is 0 Å². The topological polar surface area (TPSA) is 86.2 Å². The predicted molar refractivity (Wildman–Crippen MR) is 129 cm³/mol. The molecule has 4 aromatic rings. The van der Waals surface area contributed by atoms with Crippen LogP contribution in [-0.2, 0) is 0 Å². The van der Waals surface area contributed by atoms with E-state index in [2.05, 4.69) is 15.9 Å². The van der Waals surface area contributed by atoms with Gasteiger partial charge in [0.2, 0.25) is 0 Å². The Bertz CT molecular complexity index is 1300. The second kappa shape index (κ2) is 10.7. The molecule has 0 radical (unpaired) electrons. The van der Waals surface area contributed by atoms with Crippen LogP contribution in [0.2, 0.25) is 0 Å². The lowest BCUT2D eigenvalue weighted by Gasteiger charge is -2.07. The van der Waals surface area contributed by atoms with Crippen LogP contribution >= 0.6 is 15.9 Å². The molecule has 0 saturated carbocycles. The molecule has 4 aromatic carbocycles. The lowest BCUT2D eigenvalue weighted by molar-refractivity contribution is 0.103. The van der Waals surface area contributed by atoms with Crippen molar-refractivity contribution in [2.24, 2.45) is 0 Å². The van der Waals surface area contributed by atoms with Gasteiger partial charge in [0.1, 0.15) is 11.6 Å². The van der Waals surface area contributed by atoms with Gasteiger partial charge in [-0.15, -0.1) is 0 Å². The lowest BCUT2D eigenvalue weighted by atomic mass is 10.0. The largest absolute Gasteiger partial charge is 0.398 e. The zero-order chi connectivity index (χ0) is 24.0. The summed E-state index contributed by atoms with van der Waals surface area (Å²) >= 11 is 3.12. The maximum atomic E-state index is 13.2. The third-order valence-electron chi connectivity index (χ3n) is 4.67. The fraction of sp³-hybridized carbons (Fsp3) is 0. The maximum Gasteiger partial charge on any atom is 0.195 e. The molecule has 4 rings (SSSR count). The van der Waals surface area contributed by atoms with Gasteiger partial charge in [0.25, 0.3) is 0 Å². The number of halogens is 3. The van der Waals surface area contributed by atoms with Crippen LogP contribution in [0.3, 0.4) is 0 Å². The van der Waals surface area contributed by atoms with Crippen molar-refractivity contribution in [2.75, 3.05) is 11.5 Å². The maximum absolute atomic E-state index is 13.2. The van der Waals surface area contributed by atoms with Gasteiger partial charge in [-0.3, -0.25) is 9.59 Å². The Morgan fingerprint density at radius 3 is 1.67 bits per heavy atom. The fourth-order valence-electron chi connectivity index (χ4n) is 2.99. The van der Waals surface area contributed by atoms with Crippen LogP contribution in [0, 0.1) is 11.6 Å². The summed E-state index contributed by atoms with van der Waals surface area (Å²) in [6.45, 7) is 0. The molecular formula is C26H19BrF2N2O2. The summed E-state index contributed by atoms with van der Waals surface area (Å²) in [5, 5.41) is 0. The Morgan fingerprint density at radius 2 is 1.12 bits per heavy atom. The van der Waals surface area contributed by atoms with E-state index in [1.54, 1.807) is 48.5 Å². The molecule has 0 aliphatic carbocycles. The molecule has 0 fully saturated rings. The number of ketones is 2. The molecule has 4 nitrogen and oxygen atoms in total. The van der Waals surface area contributed by atoms with Gasteiger partial charge in [-0.1, -0.05) is 60.7 Å². The standard InChI is InChI=1S/C13H9BrFNO.C13H10FNO/c14-11-7-9(15)6-10(12(11)16)13(17)8-4-2-1-3-5-8;14-10-6-7-12(15)11(8-10)13(16)9-4-2-1-3-5-9/h1-7H,16H2;1-8H,15H2. The molecule has 0 unspecified atom stereocenters. The number of hydrogen-bond donors (Lipinski definition) is 2. The van der Waals surface area contributed by atoms with Gasteiger partial charge in [0.05, 0.1) is 5.69 Å². The highest BCUT2D eigenvalue weighted by Gasteiger charge is 2.15. The van der Waals surface area contributed by atoms with Gasteiger partial charge in [-0.05, 0) is 46.3 Å². The van der Waals surface area contributed by atoms with Crippen LogP contribution in [0.4, 0.5) is 20.2 Å². The van der Waals surface area contributed by atoms with Gasteiger partial charge < -0.3 is 11.5 Å². The highest BCUT2D eigenvalue weighted by Crippen LogP contribution is 2.26. The molecule has 0 atom stereocenters. The summed E-state index contributed by atoms with van der Waals surface area (Å²) < 4.78 is 26.6. The number of benzene rings is 4. The summed E-state index contributed by atoms with van der Waals surface area (Å²) in [5.41, 5.74) is 13.3. The number of carbonyl (C=O) groups is 2. The molecule has 33 heavy (non-hydrogen) atoms. The highest BCUT2D eigenvalue weighted by atomic mass is 79.9. The highest BCUT2D eigenvalue weighted by molar-refractivity contribution is 9.10. The molecule has 0 amide bonds. The van der Waals surface area contributed by atoms with Gasteiger partial charge in [-0.2, -0.15) is 0 Å². The van der Waals surface area contributed by atoms with Crippen molar-refractivity contribution in [2.45, 2.75) is 0 Å². The normalized spacial score (nSPS) is 10.2. The summed E-state index contributed by atoms with van der Waals surface area (Å²) in [5.74, 6) is -1.51. The number of hydrogen-bond acceptors (Lipinski definition) is 4. The zero-order valence-electron chi connectivity index (χ0n) is 17.3. The molecule has 0 spiro atoms. The van der Waals surface area contributed by atoms with E-state index in [0.29, 0.717) is 15.6 Å². The summed E-state index contributed by atoms with van der Waals surface area (Å²) in [6.07, 6.45) is 0. The van der Waals surface area contributed by atoms with Crippen LogP contribution in [-0.4, -0.2) is 11.6 Å². The first-order valence-corrected chi connectivity index (χ1v) is 10.6. The van der Waals surface area contributed by atoms with E-state index in [1.165, 1.54) is 18.2 Å². The second-order valence-corrected chi connectivity index (χ2v) is 7.83. The summed E-state index contributed by atoms with van der Waals surface area (Å²) in [7, 11) is 0. The Labute approximate surface area is 198 Å². The molecule has 0 aliphatic rings. The lowest BCUT2D eigenvalue weighted by Crippen LogP contribution is -2.06. The smallest absolute Gasteiger partial charge is 0.195 e. The van der Waals surface area contributed by atoms with Crippen molar-refractivity contribution in [1.82, 2.24) is 0 Å². The summed E-state index contributed by atoms with van der Waals surface area (Å²) in [6, 6.07) is 23.5. The first-order chi connectivity index (χ1) is 15.8. The van der Waals surface area contributed by atoms with E-state index in [-0.39, 0.29) is 34.1 Å². The minimum absolute atomic E-state index is 0.170. The number of nitrogens with two attached hydrogens (primary N) is 2. The van der Waals surface area contributed by atoms with Crippen LogP contribution < -0.4 is 11.5 Å². The molecule has 0 saturated heterocycles. The van der Waals surface area contributed by atoms with Crippen molar-refractivity contribution in [3.63, 3.8) is 0 Å². The summed E-state index contributed by atoms with van der Waals surface area (Å²) in [4.78, 5) is 24.1. The van der Waals surface area contributed by atoms with Crippen LogP contribution in [0.15, 0.2) is 95.5 Å². The van der Waals surface area contributed by atoms with Gasteiger partial charge in [0, 0.05) is 32.4 Å². The second-order valence-electron chi connectivity index (χ2n) is 6.97.